The molecule has 0 fully saturated rings. The molecule has 0 amide bonds. The van der Waals surface area contributed by atoms with E-state index in [1.807, 2.05) is 12.1 Å². The van der Waals surface area contributed by atoms with Gasteiger partial charge in [0.15, 0.2) is 0 Å². The van der Waals surface area contributed by atoms with Crippen molar-refractivity contribution in [3.63, 3.8) is 0 Å². The van der Waals surface area contributed by atoms with E-state index in [9.17, 15) is 0 Å². The zero-order chi connectivity index (χ0) is 13.3. The van der Waals surface area contributed by atoms with Crippen LogP contribution in [0.4, 0.5) is 0 Å². The highest BCUT2D eigenvalue weighted by atomic mass is 35.5. The Bertz CT molecular complexity index is 561. The third-order valence-corrected chi connectivity index (χ3v) is 2.40. The summed E-state index contributed by atoms with van der Waals surface area (Å²) < 4.78 is 22.7. The van der Waals surface area contributed by atoms with Crippen LogP contribution < -0.4 is 5.73 Å². The summed E-state index contributed by atoms with van der Waals surface area (Å²) in [7, 11) is 0. The van der Waals surface area contributed by atoms with Gasteiger partial charge >= 0.3 is 0 Å². The standard InChI is InChI=1S/C13H12ClN/c14-13-7-5-12(6-8-13)11-3-1-10(9-15)2-4-11/h1-8H,9,15H2/i1D,9D2. The van der Waals surface area contributed by atoms with Crippen LogP contribution in [0.2, 0.25) is 5.02 Å². The number of hydrogen-bond acceptors (Lipinski definition) is 1. The lowest BCUT2D eigenvalue weighted by atomic mass is 10.0. The normalized spacial score (nSPS) is 14.1. The van der Waals surface area contributed by atoms with Gasteiger partial charge in [-0.2, -0.15) is 0 Å². The Morgan fingerprint density at radius 1 is 1.07 bits per heavy atom. The maximum absolute atomic E-state index is 7.81. The summed E-state index contributed by atoms with van der Waals surface area (Å²) in [5.41, 5.74) is 7.31. The summed E-state index contributed by atoms with van der Waals surface area (Å²) in [5.74, 6) is 0. The smallest absolute Gasteiger partial charge is 0.0626 e. The summed E-state index contributed by atoms with van der Waals surface area (Å²) in [5, 5.41) is 0.653. The Morgan fingerprint density at radius 3 is 2.27 bits per heavy atom. The molecule has 0 aliphatic carbocycles. The molecule has 1 nitrogen and oxygen atoms in total. The number of halogens is 1. The van der Waals surface area contributed by atoms with E-state index in [1.165, 1.54) is 0 Å². The van der Waals surface area contributed by atoms with Crippen LogP contribution in [0.15, 0.2) is 48.5 Å². The molecular weight excluding hydrogens is 206 g/mol. The van der Waals surface area contributed by atoms with Gasteiger partial charge in [0.1, 0.15) is 0 Å². The van der Waals surface area contributed by atoms with Crippen molar-refractivity contribution >= 4 is 11.6 Å². The lowest BCUT2D eigenvalue weighted by Gasteiger charge is -2.03. The summed E-state index contributed by atoms with van der Waals surface area (Å²) in [4.78, 5) is 0. The van der Waals surface area contributed by atoms with Gasteiger partial charge in [0.2, 0.25) is 0 Å². The average molecular weight is 221 g/mol. The highest BCUT2D eigenvalue weighted by molar-refractivity contribution is 6.30. The lowest BCUT2D eigenvalue weighted by molar-refractivity contribution is 1.07. The Balaban J connectivity index is 2.43. The van der Waals surface area contributed by atoms with Crippen LogP contribution in [0.1, 0.15) is 9.68 Å². The molecular formula is C13H12ClN. The molecule has 0 atom stereocenters. The first-order chi connectivity index (χ1) is 8.38. The second-order valence-electron chi connectivity index (χ2n) is 3.14. The predicted molar refractivity (Wildman–Crippen MR) is 64.8 cm³/mol. The predicted octanol–water partition coefficient (Wildman–Crippen LogP) is 3.47. The van der Waals surface area contributed by atoms with Crippen molar-refractivity contribution in [1.82, 2.24) is 0 Å². The first kappa shape index (κ1) is 7.04. The number of nitrogens with two attached hydrogens (primary N) is 1. The molecule has 2 heteroatoms. The molecule has 0 saturated heterocycles. The maximum atomic E-state index is 7.81. The number of hydrogen-bond donors (Lipinski definition) is 1. The van der Waals surface area contributed by atoms with Gasteiger partial charge in [-0.3, -0.25) is 0 Å². The van der Waals surface area contributed by atoms with E-state index in [4.69, 9.17) is 21.4 Å². The van der Waals surface area contributed by atoms with E-state index in [0.717, 1.165) is 11.1 Å². The van der Waals surface area contributed by atoms with Crippen LogP contribution in [-0.4, -0.2) is 0 Å². The van der Waals surface area contributed by atoms with Gasteiger partial charge < -0.3 is 5.73 Å². The molecule has 0 radical (unpaired) electrons. The van der Waals surface area contributed by atoms with Gasteiger partial charge in [-0.15, -0.1) is 0 Å². The topological polar surface area (TPSA) is 26.0 Å². The van der Waals surface area contributed by atoms with E-state index in [-0.39, 0.29) is 11.6 Å². The van der Waals surface area contributed by atoms with E-state index >= 15 is 0 Å². The average Bonchev–Trinajstić information content (AvgIpc) is 2.28. The van der Waals surface area contributed by atoms with Crippen LogP contribution in [0.5, 0.6) is 0 Å². The molecule has 0 aromatic heterocycles. The lowest BCUT2D eigenvalue weighted by Crippen LogP contribution is -1.95. The molecule has 0 unspecified atom stereocenters. The Hall–Kier alpha value is -1.31. The van der Waals surface area contributed by atoms with E-state index in [1.54, 1.807) is 30.3 Å². The van der Waals surface area contributed by atoms with Crippen LogP contribution >= 0.6 is 11.6 Å². The van der Waals surface area contributed by atoms with Crippen LogP contribution in [0.25, 0.3) is 11.1 Å². The van der Waals surface area contributed by atoms with E-state index < -0.39 is 6.50 Å². The molecule has 2 aromatic rings. The molecule has 0 spiro atoms. The molecule has 0 aliphatic heterocycles. The van der Waals surface area contributed by atoms with E-state index in [0.29, 0.717) is 5.02 Å². The van der Waals surface area contributed by atoms with Gasteiger partial charge in [-0.25, -0.2) is 0 Å². The van der Waals surface area contributed by atoms with Crippen molar-refractivity contribution in [2.75, 3.05) is 0 Å². The van der Waals surface area contributed by atoms with Crippen LogP contribution in [-0.2, 0) is 6.50 Å². The Kier molecular flexibility index (Phi) is 2.10. The van der Waals surface area contributed by atoms with Crippen LogP contribution in [0.3, 0.4) is 0 Å². The Labute approximate surface area is 98.7 Å². The second-order valence-corrected chi connectivity index (χ2v) is 3.58. The number of rotatable bonds is 2. The van der Waals surface area contributed by atoms with Gasteiger partial charge in [-0.05, 0) is 28.8 Å². The summed E-state index contributed by atoms with van der Waals surface area (Å²) in [6.45, 7) is -1.99. The third-order valence-electron chi connectivity index (χ3n) is 2.15. The SMILES string of the molecule is [2H]c1cc(-c2ccc(Cl)cc2)ccc1C([2H])([2H])N. The van der Waals surface area contributed by atoms with Crippen molar-refractivity contribution < 1.29 is 4.11 Å². The van der Waals surface area contributed by atoms with Crippen molar-refractivity contribution in [1.29, 1.82) is 0 Å². The molecule has 76 valence electrons. The third kappa shape index (κ3) is 2.38. The molecule has 2 rings (SSSR count). The molecule has 2 N–H and O–H groups in total. The molecule has 2 aromatic carbocycles. The summed E-state index contributed by atoms with van der Waals surface area (Å²) >= 11 is 5.81. The van der Waals surface area contributed by atoms with Crippen molar-refractivity contribution in [2.45, 2.75) is 6.50 Å². The Morgan fingerprint density at radius 2 is 1.67 bits per heavy atom. The first-order valence-corrected chi connectivity index (χ1v) is 4.92. The molecule has 0 bridgehead atoms. The number of benzene rings is 2. The summed E-state index contributed by atoms with van der Waals surface area (Å²) in [6.07, 6.45) is 0. The molecule has 0 saturated carbocycles. The molecule has 15 heavy (non-hydrogen) atoms. The highest BCUT2D eigenvalue weighted by Gasteiger charge is 1.97. The summed E-state index contributed by atoms with van der Waals surface area (Å²) in [6, 6.07) is 12.3. The van der Waals surface area contributed by atoms with Gasteiger partial charge in [0.25, 0.3) is 0 Å². The zero-order valence-corrected chi connectivity index (χ0v) is 8.75. The second kappa shape index (κ2) is 4.47. The van der Waals surface area contributed by atoms with Gasteiger partial charge in [0, 0.05) is 14.3 Å². The largest absolute Gasteiger partial charge is 0.326 e. The van der Waals surface area contributed by atoms with Crippen molar-refractivity contribution in [2.24, 2.45) is 5.73 Å². The van der Waals surface area contributed by atoms with Gasteiger partial charge in [0.05, 0.1) is 1.37 Å². The molecule has 0 aliphatic rings. The fraction of sp³-hybridized carbons (Fsp3) is 0.0769. The minimum Gasteiger partial charge on any atom is -0.326 e. The van der Waals surface area contributed by atoms with Gasteiger partial charge in [-0.1, -0.05) is 48.0 Å². The fourth-order valence-corrected chi connectivity index (χ4v) is 1.46. The van der Waals surface area contributed by atoms with E-state index in [2.05, 4.69) is 0 Å². The van der Waals surface area contributed by atoms with Crippen LogP contribution in [0, 0.1) is 0 Å². The fourth-order valence-electron chi connectivity index (χ4n) is 1.34. The maximum Gasteiger partial charge on any atom is 0.0626 e. The minimum atomic E-state index is -1.99. The van der Waals surface area contributed by atoms with Crippen molar-refractivity contribution in [3.05, 3.63) is 59.1 Å². The highest BCUT2D eigenvalue weighted by Crippen LogP contribution is 2.21. The molecule has 0 heterocycles. The monoisotopic (exact) mass is 220 g/mol. The quantitative estimate of drug-likeness (QED) is 0.824. The van der Waals surface area contributed by atoms with Crippen molar-refractivity contribution in [3.8, 4) is 11.1 Å². The minimum absolute atomic E-state index is 0.0925. The first-order valence-electron chi connectivity index (χ1n) is 6.04. The zero-order valence-electron chi connectivity index (χ0n) is 11.0.